The number of ether oxygens (including phenoxy) is 1. The second kappa shape index (κ2) is 7.18. The van der Waals surface area contributed by atoms with Crippen molar-refractivity contribution in [2.45, 2.75) is 39.8 Å². The number of para-hydroxylation sites is 1. The minimum Gasteiger partial charge on any atom is -0.488 e. The molecular weight excluding hydrogens is 286 g/mol. The number of aliphatic imine (C=N–C) groups is 1. The second-order valence-corrected chi connectivity index (χ2v) is 6.51. The fourth-order valence-corrected chi connectivity index (χ4v) is 2.06. The fraction of sp³-hybridized carbons (Fsp3) is 0.316. The van der Waals surface area contributed by atoms with Crippen LogP contribution in [0.4, 0.5) is 5.69 Å². The predicted molar refractivity (Wildman–Crippen MR) is 97.0 cm³/mol. The predicted octanol–water partition coefficient (Wildman–Crippen LogP) is 4.10. The van der Waals surface area contributed by atoms with Gasteiger partial charge in [-0.3, -0.25) is 0 Å². The van der Waals surface area contributed by atoms with E-state index >= 15 is 0 Å². The van der Waals surface area contributed by atoms with E-state index in [0.717, 1.165) is 17.0 Å². The van der Waals surface area contributed by atoms with E-state index in [9.17, 15) is 0 Å². The Kier molecular flexibility index (Phi) is 5.27. The first-order valence-electron chi connectivity index (χ1n) is 7.74. The van der Waals surface area contributed by atoms with E-state index in [2.05, 4.69) is 10.3 Å². The lowest BCUT2D eigenvalue weighted by molar-refractivity contribution is 0.129. The molecule has 0 radical (unpaired) electrons. The van der Waals surface area contributed by atoms with Crippen LogP contribution in [0, 0.1) is 6.92 Å². The van der Waals surface area contributed by atoms with Crippen LogP contribution in [0.5, 0.6) is 5.75 Å². The van der Waals surface area contributed by atoms with Gasteiger partial charge >= 0.3 is 0 Å². The van der Waals surface area contributed by atoms with Gasteiger partial charge in [0.05, 0.1) is 6.54 Å². The van der Waals surface area contributed by atoms with Crippen molar-refractivity contribution in [3.63, 3.8) is 0 Å². The number of nitrogens with one attached hydrogen (secondary N) is 1. The van der Waals surface area contributed by atoms with Crippen LogP contribution < -0.4 is 15.8 Å². The van der Waals surface area contributed by atoms with Gasteiger partial charge in [0.2, 0.25) is 0 Å². The molecule has 122 valence electrons. The number of guanidine groups is 1. The quantitative estimate of drug-likeness (QED) is 0.660. The maximum atomic E-state index is 5.97. The van der Waals surface area contributed by atoms with Gasteiger partial charge in [0, 0.05) is 11.3 Å². The summed E-state index contributed by atoms with van der Waals surface area (Å²) in [7, 11) is 0. The Balaban J connectivity index is 2.05. The zero-order chi connectivity index (χ0) is 16.9. The van der Waals surface area contributed by atoms with Gasteiger partial charge in [-0.05, 0) is 45.9 Å². The van der Waals surface area contributed by atoms with E-state index in [1.165, 1.54) is 5.56 Å². The molecule has 0 saturated carbocycles. The third-order valence-corrected chi connectivity index (χ3v) is 3.13. The Morgan fingerprint density at radius 2 is 1.74 bits per heavy atom. The van der Waals surface area contributed by atoms with Crippen molar-refractivity contribution in [1.82, 2.24) is 0 Å². The molecule has 0 spiro atoms. The van der Waals surface area contributed by atoms with Crippen molar-refractivity contribution in [3.8, 4) is 5.75 Å². The van der Waals surface area contributed by atoms with Crippen LogP contribution in [0.2, 0.25) is 0 Å². The summed E-state index contributed by atoms with van der Waals surface area (Å²) in [5.41, 5.74) is 8.87. The van der Waals surface area contributed by atoms with Gasteiger partial charge in [0.25, 0.3) is 0 Å². The summed E-state index contributed by atoms with van der Waals surface area (Å²) >= 11 is 0. The molecule has 0 aliphatic carbocycles. The summed E-state index contributed by atoms with van der Waals surface area (Å²) in [6.07, 6.45) is 0. The number of benzene rings is 2. The molecule has 23 heavy (non-hydrogen) atoms. The highest BCUT2D eigenvalue weighted by Gasteiger charge is 2.14. The van der Waals surface area contributed by atoms with Crippen LogP contribution in [0.15, 0.2) is 53.5 Å². The first-order chi connectivity index (χ1) is 10.8. The number of hydrogen-bond donors (Lipinski definition) is 2. The van der Waals surface area contributed by atoms with Gasteiger partial charge in [-0.15, -0.1) is 0 Å². The SMILES string of the molecule is Cc1ccc(NC(N)=NCc2ccccc2OC(C)(C)C)cc1. The number of rotatable bonds is 4. The summed E-state index contributed by atoms with van der Waals surface area (Å²) in [5, 5.41) is 3.09. The first-order valence-corrected chi connectivity index (χ1v) is 7.74. The first kappa shape index (κ1) is 16.9. The Morgan fingerprint density at radius 3 is 2.39 bits per heavy atom. The maximum absolute atomic E-state index is 5.97. The second-order valence-electron chi connectivity index (χ2n) is 6.51. The van der Waals surface area contributed by atoms with Crippen molar-refractivity contribution in [2.75, 3.05) is 5.32 Å². The van der Waals surface area contributed by atoms with Crippen molar-refractivity contribution in [1.29, 1.82) is 0 Å². The number of hydrogen-bond acceptors (Lipinski definition) is 2. The Bertz CT molecular complexity index is 670. The molecule has 0 heterocycles. The standard InChI is InChI=1S/C19H25N3O/c1-14-9-11-16(12-10-14)22-18(20)21-13-15-7-5-6-8-17(15)23-19(2,3)4/h5-12H,13H2,1-4H3,(H3,20,21,22). The van der Waals surface area contributed by atoms with Crippen LogP contribution >= 0.6 is 0 Å². The molecule has 2 rings (SSSR count). The minimum absolute atomic E-state index is 0.245. The maximum Gasteiger partial charge on any atom is 0.193 e. The number of anilines is 1. The highest BCUT2D eigenvalue weighted by Crippen LogP contribution is 2.23. The topological polar surface area (TPSA) is 59.6 Å². The lowest BCUT2D eigenvalue weighted by atomic mass is 10.1. The summed E-state index contributed by atoms with van der Waals surface area (Å²) in [6, 6.07) is 15.9. The molecule has 2 aromatic carbocycles. The smallest absolute Gasteiger partial charge is 0.193 e. The average Bonchev–Trinajstić information content (AvgIpc) is 2.47. The Labute approximate surface area is 138 Å². The van der Waals surface area contributed by atoms with E-state index < -0.39 is 0 Å². The summed E-state index contributed by atoms with van der Waals surface area (Å²) in [4.78, 5) is 4.41. The zero-order valence-corrected chi connectivity index (χ0v) is 14.3. The molecule has 0 aliphatic rings. The molecule has 4 nitrogen and oxygen atoms in total. The summed E-state index contributed by atoms with van der Waals surface area (Å²) in [6.45, 7) is 8.60. The summed E-state index contributed by atoms with van der Waals surface area (Å²) < 4.78 is 5.97. The number of nitrogens with two attached hydrogens (primary N) is 1. The van der Waals surface area contributed by atoms with Crippen LogP contribution in [0.25, 0.3) is 0 Å². The van der Waals surface area contributed by atoms with E-state index in [1.807, 2.05) is 76.2 Å². The molecule has 2 aromatic rings. The molecule has 0 bridgehead atoms. The molecule has 0 unspecified atom stereocenters. The van der Waals surface area contributed by atoms with Crippen molar-refractivity contribution in [2.24, 2.45) is 10.7 Å². The highest BCUT2D eigenvalue weighted by atomic mass is 16.5. The zero-order valence-electron chi connectivity index (χ0n) is 14.3. The van der Waals surface area contributed by atoms with E-state index in [-0.39, 0.29) is 5.60 Å². The Morgan fingerprint density at radius 1 is 1.09 bits per heavy atom. The van der Waals surface area contributed by atoms with Gasteiger partial charge in [0.1, 0.15) is 11.4 Å². The normalized spacial score (nSPS) is 12.1. The van der Waals surface area contributed by atoms with E-state index in [4.69, 9.17) is 10.5 Å². The molecule has 0 atom stereocenters. The summed E-state index contributed by atoms with van der Waals surface area (Å²) in [5.74, 6) is 1.23. The minimum atomic E-state index is -0.245. The molecule has 0 saturated heterocycles. The third-order valence-electron chi connectivity index (χ3n) is 3.13. The van der Waals surface area contributed by atoms with Crippen LogP contribution in [-0.4, -0.2) is 11.6 Å². The molecular formula is C19H25N3O. The van der Waals surface area contributed by atoms with Crippen LogP contribution in [0.3, 0.4) is 0 Å². The van der Waals surface area contributed by atoms with Crippen molar-refractivity contribution < 1.29 is 4.74 Å². The lowest BCUT2D eigenvalue weighted by Gasteiger charge is -2.23. The van der Waals surface area contributed by atoms with Gasteiger partial charge in [-0.2, -0.15) is 0 Å². The molecule has 0 aliphatic heterocycles. The largest absolute Gasteiger partial charge is 0.488 e. The van der Waals surface area contributed by atoms with E-state index in [0.29, 0.717) is 12.5 Å². The van der Waals surface area contributed by atoms with E-state index in [1.54, 1.807) is 0 Å². The number of aryl methyl sites for hydroxylation is 1. The molecule has 3 N–H and O–H groups in total. The molecule has 0 fully saturated rings. The number of nitrogens with zero attached hydrogens (tertiary/aromatic N) is 1. The van der Waals surface area contributed by atoms with Gasteiger partial charge in [0.15, 0.2) is 5.96 Å². The van der Waals surface area contributed by atoms with Crippen LogP contribution in [0.1, 0.15) is 31.9 Å². The lowest BCUT2D eigenvalue weighted by Crippen LogP contribution is -2.24. The molecule has 0 amide bonds. The fourth-order valence-electron chi connectivity index (χ4n) is 2.06. The monoisotopic (exact) mass is 311 g/mol. The third kappa shape index (κ3) is 5.66. The van der Waals surface area contributed by atoms with Gasteiger partial charge in [-0.25, -0.2) is 4.99 Å². The van der Waals surface area contributed by atoms with Crippen molar-refractivity contribution >= 4 is 11.6 Å². The highest BCUT2D eigenvalue weighted by molar-refractivity contribution is 5.92. The molecule has 0 aromatic heterocycles. The Hall–Kier alpha value is -2.49. The van der Waals surface area contributed by atoms with Gasteiger partial charge < -0.3 is 15.8 Å². The van der Waals surface area contributed by atoms with Crippen LogP contribution in [-0.2, 0) is 6.54 Å². The average molecular weight is 311 g/mol. The van der Waals surface area contributed by atoms with Crippen molar-refractivity contribution in [3.05, 3.63) is 59.7 Å². The van der Waals surface area contributed by atoms with Gasteiger partial charge in [-0.1, -0.05) is 35.9 Å². The molecule has 4 heteroatoms.